The monoisotopic (exact) mass is 631 g/mol. The van der Waals surface area contributed by atoms with E-state index in [2.05, 4.69) is 25.1 Å². The molecule has 0 bridgehead atoms. The molecule has 1 atom stereocenters. The van der Waals surface area contributed by atoms with E-state index >= 15 is 4.39 Å². The Balaban J connectivity index is 1.08. The number of carbonyl (C=O) groups is 2. The molecular formula is C32H31ClFN7O2S. The maximum atomic E-state index is 15.5. The van der Waals surface area contributed by atoms with Gasteiger partial charge in [-0.15, -0.1) is 11.3 Å². The summed E-state index contributed by atoms with van der Waals surface area (Å²) in [6.45, 7) is 4.51. The van der Waals surface area contributed by atoms with Crippen LogP contribution < -0.4 is 10.2 Å². The number of imidazole rings is 1. The zero-order chi connectivity index (χ0) is 29.9. The molecule has 0 radical (unpaired) electrons. The minimum atomic E-state index is -0.954. The van der Waals surface area contributed by atoms with Gasteiger partial charge in [-0.1, -0.05) is 17.7 Å². The van der Waals surface area contributed by atoms with Gasteiger partial charge in [-0.25, -0.2) is 14.4 Å². The lowest BCUT2D eigenvalue weighted by atomic mass is 9.99. The fraction of sp³-hybridized carbons (Fsp3) is 0.375. The van der Waals surface area contributed by atoms with Crippen molar-refractivity contribution >= 4 is 45.6 Å². The van der Waals surface area contributed by atoms with E-state index in [1.807, 2.05) is 16.7 Å². The van der Waals surface area contributed by atoms with E-state index < -0.39 is 6.04 Å². The summed E-state index contributed by atoms with van der Waals surface area (Å²) < 4.78 is 17.5. The zero-order valence-corrected chi connectivity index (χ0v) is 25.6. The van der Waals surface area contributed by atoms with Crippen LogP contribution in [0.5, 0.6) is 0 Å². The number of thiazole rings is 1. The second-order valence-corrected chi connectivity index (χ2v) is 13.2. The average molecular weight is 632 g/mol. The van der Waals surface area contributed by atoms with Crippen LogP contribution in [-0.2, 0) is 24.3 Å². The van der Waals surface area contributed by atoms with Crippen molar-refractivity contribution in [1.82, 2.24) is 24.3 Å². The summed E-state index contributed by atoms with van der Waals surface area (Å²) in [5, 5.41) is 5.51. The van der Waals surface area contributed by atoms with E-state index in [4.69, 9.17) is 11.6 Å². The predicted octanol–water partition coefficient (Wildman–Crippen LogP) is 5.37. The average Bonchev–Trinajstić information content (AvgIpc) is 3.31. The number of nitrogens with one attached hydrogen (secondary N) is 1. The van der Waals surface area contributed by atoms with Gasteiger partial charge in [-0.2, -0.15) is 0 Å². The van der Waals surface area contributed by atoms with Crippen LogP contribution >= 0.6 is 22.9 Å². The number of amides is 2. The van der Waals surface area contributed by atoms with E-state index in [0.717, 1.165) is 57.3 Å². The number of carbonyl (C=O) groups excluding carboxylic acids is 2. The first-order chi connectivity index (χ1) is 21.4. The molecule has 2 aromatic heterocycles. The molecule has 4 aromatic rings. The molecule has 5 heterocycles. The fourth-order valence-corrected chi connectivity index (χ4v) is 7.69. The van der Waals surface area contributed by atoms with Crippen LogP contribution in [0.25, 0.3) is 11.1 Å². The Morgan fingerprint density at radius 1 is 1.07 bits per heavy atom. The lowest BCUT2D eigenvalue weighted by Crippen LogP contribution is -2.47. The third kappa shape index (κ3) is 4.87. The van der Waals surface area contributed by atoms with Crippen molar-refractivity contribution in [1.29, 1.82) is 0 Å². The second kappa shape index (κ2) is 11.0. The highest BCUT2D eigenvalue weighted by Gasteiger charge is 2.42. The number of nitrogens with zero attached hydrogens (tertiary/aromatic N) is 6. The molecule has 0 spiro atoms. The molecule has 4 aliphatic rings. The van der Waals surface area contributed by atoms with Crippen LogP contribution in [0.3, 0.4) is 0 Å². The van der Waals surface area contributed by atoms with Crippen LogP contribution in [0.4, 0.5) is 15.2 Å². The highest BCUT2D eigenvalue weighted by molar-refractivity contribution is 7.13. The summed E-state index contributed by atoms with van der Waals surface area (Å²) >= 11 is 8.11. The minimum absolute atomic E-state index is 0.162. The van der Waals surface area contributed by atoms with Crippen molar-refractivity contribution in [2.24, 2.45) is 0 Å². The molecule has 44 heavy (non-hydrogen) atoms. The van der Waals surface area contributed by atoms with Crippen molar-refractivity contribution in [3.8, 4) is 11.1 Å². The molecule has 1 unspecified atom stereocenters. The summed E-state index contributed by atoms with van der Waals surface area (Å²) in [5.74, 6) is -0.977. The molecule has 8 rings (SSSR count). The van der Waals surface area contributed by atoms with Gasteiger partial charge in [-0.05, 0) is 61.1 Å². The Bertz CT molecular complexity index is 1760. The number of fused-ring (bicyclic) bond motifs is 2. The number of benzene rings is 2. The topological polar surface area (TPSA) is 86.6 Å². The fourth-order valence-electron chi connectivity index (χ4n) is 6.88. The molecule has 2 amide bonds. The number of halogens is 2. The van der Waals surface area contributed by atoms with Gasteiger partial charge in [0.15, 0.2) is 11.2 Å². The number of hydrogen-bond acceptors (Lipinski definition) is 7. The van der Waals surface area contributed by atoms with Gasteiger partial charge in [0.1, 0.15) is 5.82 Å². The molecule has 226 valence electrons. The molecule has 9 nitrogen and oxygen atoms in total. The second-order valence-electron chi connectivity index (χ2n) is 11.9. The molecule has 1 saturated carbocycles. The lowest BCUT2D eigenvalue weighted by Gasteiger charge is -2.36. The predicted molar refractivity (Wildman–Crippen MR) is 168 cm³/mol. The largest absolute Gasteiger partial charge is 0.367 e. The Kier molecular flexibility index (Phi) is 6.92. The van der Waals surface area contributed by atoms with Gasteiger partial charge in [0, 0.05) is 78.7 Å². The maximum absolute atomic E-state index is 15.5. The van der Waals surface area contributed by atoms with E-state index in [-0.39, 0.29) is 24.2 Å². The van der Waals surface area contributed by atoms with E-state index in [9.17, 15) is 9.59 Å². The Morgan fingerprint density at radius 3 is 2.66 bits per heavy atom. The molecule has 1 saturated heterocycles. The molecule has 2 aromatic carbocycles. The lowest BCUT2D eigenvalue weighted by molar-refractivity contribution is -0.121. The Morgan fingerprint density at radius 2 is 1.91 bits per heavy atom. The normalized spacial score (nSPS) is 18.9. The number of hydrogen-bond donors (Lipinski definition) is 1. The van der Waals surface area contributed by atoms with Crippen LogP contribution in [-0.4, -0.2) is 68.4 Å². The summed E-state index contributed by atoms with van der Waals surface area (Å²) in [4.78, 5) is 42.7. The molecule has 1 aliphatic carbocycles. The van der Waals surface area contributed by atoms with Crippen molar-refractivity contribution in [3.63, 3.8) is 0 Å². The molecule has 1 N–H and O–H groups in total. The van der Waals surface area contributed by atoms with Crippen LogP contribution in [0.15, 0.2) is 48.2 Å². The summed E-state index contributed by atoms with van der Waals surface area (Å²) in [7, 11) is 0. The summed E-state index contributed by atoms with van der Waals surface area (Å²) in [6, 6.07) is 8.54. The number of aromatic nitrogens is 3. The first kappa shape index (κ1) is 27.7. The molecule has 2 fully saturated rings. The molecule has 3 aliphatic heterocycles. The maximum Gasteiger partial charge on any atom is 0.255 e. The minimum Gasteiger partial charge on any atom is -0.367 e. The van der Waals surface area contributed by atoms with Crippen molar-refractivity contribution in [2.45, 2.75) is 50.9 Å². The number of piperazine rings is 1. The van der Waals surface area contributed by atoms with Gasteiger partial charge in [0.05, 0.1) is 17.7 Å². The number of anilines is 2. The summed E-state index contributed by atoms with van der Waals surface area (Å²) in [6.07, 6.45) is 7.66. The van der Waals surface area contributed by atoms with Gasteiger partial charge in [0.2, 0.25) is 0 Å². The SMILES string of the molecule is O=C(Nc1nccs1)C(c1ncn2c1CCC2)N1Cc2c(Cl)cc(-c3ccc(N4CCN(C5CC5)CC4)c(F)c3)cc2C1=O. The van der Waals surface area contributed by atoms with E-state index in [1.54, 1.807) is 30.0 Å². The van der Waals surface area contributed by atoms with Crippen molar-refractivity contribution in [2.75, 3.05) is 36.4 Å². The zero-order valence-electron chi connectivity index (χ0n) is 24.0. The first-order valence-electron chi connectivity index (χ1n) is 15.1. The quantitative estimate of drug-likeness (QED) is 0.295. The van der Waals surface area contributed by atoms with Crippen LogP contribution in [0.1, 0.15) is 52.6 Å². The van der Waals surface area contributed by atoms with Crippen molar-refractivity contribution < 1.29 is 14.0 Å². The Labute approximate surface area is 263 Å². The smallest absolute Gasteiger partial charge is 0.255 e. The third-order valence-corrected chi connectivity index (χ3v) is 10.3. The van der Waals surface area contributed by atoms with Gasteiger partial charge in [-0.3, -0.25) is 19.8 Å². The molecular weight excluding hydrogens is 601 g/mol. The van der Waals surface area contributed by atoms with Gasteiger partial charge in [0.25, 0.3) is 11.8 Å². The molecule has 12 heteroatoms. The third-order valence-electron chi connectivity index (χ3n) is 9.29. The summed E-state index contributed by atoms with van der Waals surface area (Å²) in [5.41, 5.74) is 4.49. The first-order valence-corrected chi connectivity index (χ1v) is 16.4. The van der Waals surface area contributed by atoms with Crippen LogP contribution in [0, 0.1) is 5.82 Å². The highest BCUT2D eigenvalue weighted by atomic mass is 35.5. The van der Waals surface area contributed by atoms with E-state index in [1.165, 1.54) is 35.1 Å². The van der Waals surface area contributed by atoms with Gasteiger partial charge < -0.3 is 14.4 Å². The highest BCUT2D eigenvalue weighted by Crippen LogP contribution is 2.40. The van der Waals surface area contributed by atoms with Crippen molar-refractivity contribution in [3.05, 3.63) is 81.6 Å². The standard InChI is InChI=1S/C32H31ClFN7O2S/c33-24-15-20(19-3-6-26(25(34)16-19)39-11-9-38(10-12-39)21-4-5-21)14-22-23(24)17-41(31(22)43)29(30(42)37-32-35-7-13-44-32)28-27-2-1-8-40(27)18-36-28/h3,6-7,13-16,18,21,29H,1-2,4-5,8-12,17H2,(H,35,37,42). The van der Waals surface area contributed by atoms with E-state index in [0.29, 0.717) is 43.8 Å². The number of aryl methyl sites for hydroxylation is 1. The number of rotatable bonds is 7. The van der Waals surface area contributed by atoms with Gasteiger partial charge >= 0.3 is 0 Å². The Hall–Kier alpha value is -3.80. The van der Waals surface area contributed by atoms with Crippen LogP contribution in [0.2, 0.25) is 5.02 Å².